The first-order valence-corrected chi connectivity index (χ1v) is 10.3. The standard InChI is InChI=1S/C21H30N6O.HI/c1-3-22-21(23-12-16-11-18(16)15-7-5-4-6-8-15)24-17-9-10-20-25-19(14-28-2)26-27(20)13-17;/h4-8,16-18H,3,9-14H2,1-2H3,(H2,22,23,24);1H. The Morgan fingerprint density at radius 2 is 2.14 bits per heavy atom. The highest BCUT2D eigenvalue weighted by Gasteiger charge is 2.37. The van der Waals surface area contributed by atoms with E-state index in [4.69, 9.17) is 9.73 Å². The molecular formula is C21H31IN6O. The zero-order valence-corrected chi connectivity index (χ0v) is 19.5. The molecule has 0 bridgehead atoms. The number of nitrogens with one attached hydrogen (secondary N) is 2. The number of ether oxygens (including phenoxy) is 1. The van der Waals surface area contributed by atoms with Crippen LogP contribution in [0, 0.1) is 5.92 Å². The summed E-state index contributed by atoms with van der Waals surface area (Å²) in [5.41, 5.74) is 1.44. The molecule has 1 aliphatic heterocycles. The maximum Gasteiger partial charge on any atom is 0.191 e. The van der Waals surface area contributed by atoms with Crippen molar-refractivity contribution in [2.45, 2.75) is 51.3 Å². The van der Waals surface area contributed by atoms with Gasteiger partial charge < -0.3 is 15.4 Å². The third-order valence-electron chi connectivity index (χ3n) is 5.49. The van der Waals surface area contributed by atoms with Crippen molar-refractivity contribution in [1.82, 2.24) is 25.4 Å². The van der Waals surface area contributed by atoms with Gasteiger partial charge in [-0.15, -0.1) is 24.0 Å². The zero-order valence-electron chi connectivity index (χ0n) is 17.2. The van der Waals surface area contributed by atoms with Gasteiger partial charge in [0.1, 0.15) is 12.4 Å². The van der Waals surface area contributed by atoms with E-state index in [1.807, 2.05) is 4.68 Å². The minimum atomic E-state index is 0. The van der Waals surface area contributed by atoms with Crippen molar-refractivity contribution >= 4 is 29.9 Å². The number of methoxy groups -OCH3 is 1. The zero-order chi connectivity index (χ0) is 19.3. The lowest BCUT2D eigenvalue weighted by Gasteiger charge is -2.25. The fourth-order valence-electron chi connectivity index (χ4n) is 3.95. The molecule has 7 nitrogen and oxygen atoms in total. The van der Waals surface area contributed by atoms with E-state index in [2.05, 4.69) is 58.0 Å². The van der Waals surface area contributed by atoms with Crippen LogP contribution in [0.3, 0.4) is 0 Å². The second kappa shape index (κ2) is 10.4. The highest BCUT2D eigenvalue weighted by atomic mass is 127. The first-order chi connectivity index (χ1) is 13.8. The van der Waals surface area contributed by atoms with Crippen LogP contribution >= 0.6 is 24.0 Å². The van der Waals surface area contributed by atoms with Gasteiger partial charge in [-0.25, -0.2) is 9.67 Å². The molecule has 1 saturated carbocycles. The van der Waals surface area contributed by atoms with Gasteiger partial charge in [-0.2, -0.15) is 5.10 Å². The van der Waals surface area contributed by atoms with Crippen molar-refractivity contribution in [2.75, 3.05) is 20.2 Å². The molecule has 2 N–H and O–H groups in total. The Hall–Kier alpha value is -1.68. The summed E-state index contributed by atoms with van der Waals surface area (Å²) >= 11 is 0. The molecule has 3 atom stereocenters. The van der Waals surface area contributed by atoms with Crippen LogP contribution in [0.5, 0.6) is 0 Å². The van der Waals surface area contributed by atoms with Crippen molar-refractivity contribution in [3.8, 4) is 0 Å². The number of halogens is 1. The maximum atomic E-state index is 5.15. The summed E-state index contributed by atoms with van der Waals surface area (Å²) in [6, 6.07) is 11.1. The van der Waals surface area contributed by atoms with E-state index in [0.717, 1.165) is 50.1 Å². The Balaban J connectivity index is 0.00000240. The molecule has 1 aromatic heterocycles. The fraction of sp³-hybridized carbons (Fsp3) is 0.571. The summed E-state index contributed by atoms with van der Waals surface area (Å²) in [5, 5.41) is 11.5. The van der Waals surface area contributed by atoms with Crippen LogP contribution in [0.15, 0.2) is 35.3 Å². The maximum absolute atomic E-state index is 5.15. The van der Waals surface area contributed by atoms with Gasteiger partial charge in [0, 0.05) is 32.7 Å². The molecule has 0 spiro atoms. The van der Waals surface area contributed by atoms with Gasteiger partial charge in [-0.1, -0.05) is 30.3 Å². The Kier molecular flexibility index (Phi) is 7.88. The molecule has 4 rings (SSSR count). The summed E-state index contributed by atoms with van der Waals surface area (Å²) < 4.78 is 7.15. The number of aliphatic imine (C=N–C) groups is 1. The SMILES string of the molecule is CCNC(=NCC1CC1c1ccccc1)NC1CCc2nc(COC)nn2C1.I. The largest absolute Gasteiger partial charge is 0.377 e. The van der Waals surface area contributed by atoms with E-state index in [1.54, 1.807) is 7.11 Å². The number of aromatic nitrogens is 3. The van der Waals surface area contributed by atoms with Crippen LogP contribution in [-0.4, -0.2) is 47.0 Å². The van der Waals surface area contributed by atoms with Gasteiger partial charge in [0.2, 0.25) is 0 Å². The molecular weight excluding hydrogens is 479 g/mol. The first-order valence-electron chi connectivity index (χ1n) is 10.3. The Morgan fingerprint density at radius 1 is 1.31 bits per heavy atom. The predicted molar refractivity (Wildman–Crippen MR) is 125 cm³/mol. The summed E-state index contributed by atoms with van der Waals surface area (Å²) in [6.45, 7) is 5.11. The van der Waals surface area contributed by atoms with E-state index in [9.17, 15) is 0 Å². The Bertz CT molecular complexity index is 809. The third kappa shape index (κ3) is 5.69. The van der Waals surface area contributed by atoms with Crippen molar-refractivity contribution in [1.29, 1.82) is 0 Å². The van der Waals surface area contributed by atoms with E-state index in [0.29, 0.717) is 24.5 Å². The molecule has 8 heteroatoms. The van der Waals surface area contributed by atoms with Crippen molar-refractivity contribution in [2.24, 2.45) is 10.9 Å². The van der Waals surface area contributed by atoms with Crippen LogP contribution in [0.2, 0.25) is 0 Å². The van der Waals surface area contributed by atoms with Gasteiger partial charge in [0.05, 0.1) is 6.54 Å². The van der Waals surface area contributed by atoms with Crippen LogP contribution in [0.25, 0.3) is 0 Å². The molecule has 158 valence electrons. The van der Waals surface area contributed by atoms with Crippen molar-refractivity contribution in [3.05, 3.63) is 47.5 Å². The lowest BCUT2D eigenvalue weighted by atomic mass is 10.1. The number of benzene rings is 1. The number of hydrogen-bond donors (Lipinski definition) is 2. The monoisotopic (exact) mass is 510 g/mol. The highest BCUT2D eigenvalue weighted by molar-refractivity contribution is 14.0. The van der Waals surface area contributed by atoms with Gasteiger partial charge in [0.15, 0.2) is 11.8 Å². The molecule has 0 amide bonds. The fourth-order valence-corrected chi connectivity index (χ4v) is 3.95. The van der Waals surface area contributed by atoms with Crippen LogP contribution in [0.4, 0.5) is 0 Å². The predicted octanol–water partition coefficient (Wildman–Crippen LogP) is 2.72. The van der Waals surface area contributed by atoms with Gasteiger partial charge >= 0.3 is 0 Å². The number of aryl methyl sites for hydroxylation is 1. The number of guanidine groups is 1. The third-order valence-corrected chi connectivity index (χ3v) is 5.49. The Morgan fingerprint density at radius 3 is 2.90 bits per heavy atom. The molecule has 1 aliphatic carbocycles. The summed E-state index contributed by atoms with van der Waals surface area (Å²) in [5.74, 6) is 4.05. The number of hydrogen-bond acceptors (Lipinski definition) is 4. The van der Waals surface area contributed by atoms with Gasteiger partial charge in [-0.3, -0.25) is 4.99 Å². The first kappa shape index (κ1) is 22.0. The molecule has 2 heterocycles. The minimum absolute atomic E-state index is 0. The van der Waals surface area contributed by atoms with E-state index >= 15 is 0 Å². The van der Waals surface area contributed by atoms with Crippen LogP contribution in [0.1, 0.15) is 42.9 Å². The number of fused-ring (bicyclic) bond motifs is 1. The number of nitrogens with zero attached hydrogens (tertiary/aromatic N) is 4. The molecule has 1 aromatic carbocycles. The second-order valence-electron chi connectivity index (χ2n) is 7.67. The topological polar surface area (TPSA) is 76.4 Å². The smallest absolute Gasteiger partial charge is 0.191 e. The normalized spacial score (nSPS) is 23.1. The highest BCUT2D eigenvalue weighted by Crippen LogP contribution is 2.47. The van der Waals surface area contributed by atoms with Gasteiger partial charge in [0.25, 0.3) is 0 Å². The van der Waals surface area contributed by atoms with Crippen molar-refractivity contribution < 1.29 is 4.74 Å². The van der Waals surface area contributed by atoms with E-state index < -0.39 is 0 Å². The molecule has 29 heavy (non-hydrogen) atoms. The minimum Gasteiger partial charge on any atom is -0.377 e. The lowest BCUT2D eigenvalue weighted by molar-refractivity contribution is 0.177. The van der Waals surface area contributed by atoms with E-state index in [-0.39, 0.29) is 24.0 Å². The van der Waals surface area contributed by atoms with Crippen molar-refractivity contribution in [3.63, 3.8) is 0 Å². The Labute approximate surface area is 189 Å². The second-order valence-corrected chi connectivity index (χ2v) is 7.67. The molecule has 0 radical (unpaired) electrons. The average Bonchev–Trinajstić information content (AvgIpc) is 3.38. The van der Waals surface area contributed by atoms with E-state index in [1.165, 1.54) is 12.0 Å². The molecule has 3 unspecified atom stereocenters. The summed E-state index contributed by atoms with van der Waals surface area (Å²) in [6.07, 6.45) is 3.19. The summed E-state index contributed by atoms with van der Waals surface area (Å²) in [7, 11) is 1.67. The quantitative estimate of drug-likeness (QED) is 0.341. The summed E-state index contributed by atoms with van der Waals surface area (Å²) in [4.78, 5) is 9.41. The molecule has 2 aromatic rings. The molecule has 1 fully saturated rings. The van der Waals surface area contributed by atoms with Crippen LogP contribution in [-0.2, 0) is 24.3 Å². The number of rotatable bonds is 7. The molecule has 2 aliphatic rings. The lowest BCUT2D eigenvalue weighted by Crippen LogP contribution is -2.47. The average molecular weight is 510 g/mol. The van der Waals surface area contributed by atoms with Crippen LogP contribution < -0.4 is 10.6 Å². The molecule has 0 saturated heterocycles. The van der Waals surface area contributed by atoms with Gasteiger partial charge in [-0.05, 0) is 37.2 Å².